The first kappa shape index (κ1) is 18.3. The SMILES string of the molecule is COc1cc(=O)c(C(=O)NCc2ccccc2F)nn1-c1ccc(C)cc1. The van der Waals surface area contributed by atoms with Crippen molar-refractivity contribution in [3.63, 3.8) is 0 Å². The van der Waals surface area contributed by atoms with Crippen molar-refractivity contribution < 1.29 is 13.9 Å². The monoisotopic (exact) mass is 367 g/mol. The third-order valence-corrected chi connectivity index (χ3v) is 4.00. The van der Waals surface area contributed by atoms with Crippen molar-refractivity contribution in [1.29, 1.82) is 0 Å². The van der Waals surface area contributed by atoms with Gasteiger partial charge in [-0.15, -0.1) is 0 Å². The van der Waals surface area contributed by atoms with Crippen LogP contribution in [0, 0.1) is 12.7 Å². The molecule has 0 atom stereocenters. The molecule has 1 amide bonds. The Hall–Kier alpha value is -3.48. The number of hydrogen-bond acceptors (Lipinski definition) is 4. The van der Waals surface area contributed by atoms with Crippen molar-refractivity contribution >= 4 is 5.91 Å². The van der Waals surface area contributed by atoms with Gasteiger partial charge in [0.15, 0.2) is 5.69 Å². The molecule has 0 saturated heterocycles. The number of hydrogen-bond donors (Lipinski definition) is 1. The number of amides is 1. The Bertz CT molecular complexity index is 1030. The maximum atomic E-state index is 13.7. The van der Waals surface area contributed by atoms with Gasteiger partial charge in [0.25, 0.3) is 5.91 Å². The van der Waals surface area contributed by atoms with Crippen molar-refractivity contribution in [3.8, 4) is 11.6 Å². The first-order valence-electron chi connectivity index (χ1n) is 8.26. The molecule has 2 aromatic carbocycles. The van der Waals surface area contributed by atoms with E-state index in [1.165, 1.54) is 23.9 Å². The van der Waals surface area contributed by atoms with Gasteiger partial charge in [-0.25, -0.2) is 9.07 Å². The van der Waals surface area contributed by atoms with E-state index in [2.05, 4.69) is 10.4 Å². The highest BCUT2D eigenvalue weighted by atomic mass is 19.1. The topological polar surface area (TPSA) is 73.2 Å². The summed E-state index contributed by atoms with van der Waals surface area (Å²) in [5.74, 6) is -0.918. The Morgan fingerprint density at radius 1 is 1.19 bits per heavy atom. The molecule has 0 unspecified atom stereocenters. The molecule has 1 N–H and O–H groups in total. The van der Waals surface area contributed by atoms with Gasteiger partial charge < -0.3 is 10.1 Å². The Kier molecular flexibility index (Phi) is 5.30. The maximum absolute atomic E-state index is 13.7. The molecule has 1 aromatic heterocycles. The summed E-state index contributed by atoms with van der Waals surface area (Å²) < 4.78 is 20.3. The van der Waals surface area contributed by atoms with E-state index in [0.29, 0.717) is 11.3 Å². The summed E-state index contributed by atoms with van der Waals surface area (Å²) >= 11 is 0. The van der Waals surface area contributed by atoms with Crippen LogP contribution < -0.4 is 15.5 Å². The molecule has 0 saturated carbocycles. The summed E-state index contributed by atoms with van der Waals surface area (Å²) in [7, 11) is 1.42. The fourth-order valence-corrected chi connectivity index (χ4v) is 2.51. The number of aryl methyl sites for hydroxylation is 1. The minimum absolute atomic E-state index is 0.0524. The Morgan fingerprint density at radius 3 is 2.56 bits per heavy atom. The van der Waals surface area contributed by atoms with Crippen molar-refractivity contribution in [1.82, 2.24) is 15.1 Å². The molecule has 1 heterocycles. The van der Waals surface area contributed by atoms with Gasteiger partial charge in [0.2, 0.25) is 11.3 Å². The second-order valence-corrected chi connectivity index (χ2v) is 5.92. The lowest BCUT2D eigenvalue weighted by atomic mass is 10.2. The van der Waals surface area contributed by atoms with Crippen LogP contribution in [0.2, 0.25) is 0 Å². The van der Waals surface area contributed by atoms with Gasteiger partial charge >= 0.3 is 0 Å². The zero-order chi connectivity index (χ0) is 19.4. The van der Waals surface area contributed by atoms with Crippen LogP contribution in [0.15, 0.2) is 59.4 Å². The van der Waals surface area contributed by atoms with E-state index in [1.807, 2.05) is 19.1 Å². The van der Waals surface area contributed by atoms with Crippen molar-refractivity contribution in [2.75, 3.05) is 7.11 Å². The zero-order valence-corrected chi connectivity index (χ0v) is 14.9. The number of rotatable bonds is 5. The molecule has 0 spiro atoms. The van der Waals surface area contributed by atoms with Gasteiger partial charge in [0.05, 0.1) is 18.9 Å². The van der Waals surface area contributed by atoms with Gasteiger partial charge in [0, 0.05) is 12.1 Å². The van der Waals surface area contributed by atoms with Crippen LogP contribution in [0.5, 0.6) is 5.88 Å². The zero-order valence-electron chi connectivity index (χ0n) is 14.9. The van der Waals surface area contributed by atoms with Gasteiger partial charge in [-0.1, -0.05) is 35.9 Å². The molecule has 27 heavy (non-hydrogen) atoms. The number of ether oxygens (including phenoxy) is 1. The first-order valence-corrected chi connectivity index (χ1v) is 8.26. The number of nitrogens with zero attached hydrogens (tertiary/aromatic N) is 2. The Morgan fingerprint density at radius 2 is 1.89 bits per heavy atom. The number of methoxy groups -OCH3 is 1. The van der Waals surface area contributed by atoms with Crippen molar-refractivity contribution in [2.24, 2.45) is 0 Å². The molecule has 0 bridgehead atoms. The minimum Gasteiger partial charge on any atom is -0.481 e. The molecule has 0 aliphatic carbocycles. The molecular formula is C20H18FN3O3. The van der Waals surface area contributed by atoms with E-state index in [1.54, 1.807) is 30.3 Å². The smallest absolute Gasteiger partial charge is 0.276 e. The summed E-state index contributed by atoms with van der Waals surface area (Å²) in [6, 6.07) is 14.7. The molecule has 7 heteroatoms. The highest BCUT2D eigenvalue weighted by molar-refractivity contribution is 5.92. The van der Waals surface area contributed by atoms with Gasteiger partial charge in [-0.2, -0.15) is 5.10 Å². The lowest BCUT2D eigenvalue weighted by Gasteiger charge is -2.13. The molecule has 0 aliphatic rings. The van der Waals surface area contributed by atoms with Crippen molar-refractivity contribution in [3.05, 3.63) is 87.5 Å². The summed E-state index contributed by atoms with van der Waals surface area (Å²) in [6.45, 7) is 1.89. The van der Waals surface area contributed by atoms with Crippen LogP contribution in [0.25, 0.3) is 5.69 Å². The normalized spacial score (nSPS) is 10.5. The lowest BCUT2D eigenvalue weighted by molar-refractivity contribution is 0.0942. The van der Waals surface area contributed by atoms with E-state index in [9.17, 15) is 14.0 Å². The number of benzene rings is 2. The number of nitrogens with one attached hydrogen (secondary N) is 1. The number of carbonyl (C=O) groups is 1. The lowest BCUT2D eigenvalue weighted by Crippen LogP contribution is -2.31. The second-order valence-electron chi connectivity index (χ2n) is 5.92. The summed E-state index contributed by atoms with van der Waals surface area (Å²) in [5.41, 5.74) is 1.13. The average molecular weight is 367 g/mol. The van der Waals surface area contributed by atoms with Gasteiger partial charge in [0.1, 0.15) is 5.82 Å². The standard InChI is InChI=1S/C20H18FN3O3/c1-13-7-9-15(10-8-13)24-18(27-2)11-17(25)19(23-24)20(26)22-12-14-5-3-4-6-16(14)21/h3-11H,12H2,1-2H3,(H,22,26). The summed E-state index contributed by atoms with van der Waals surface area (Å²) in [5, 5.41) is 6.68. The van der Waals surface area contributed by atoms with E-state index in [0.717, 1.165) is 5.56 Å². The highest BCUT2D eigenvalue weighted by Gasteiger charge is 2.17. The molecule has 3 rings (SSSR count). The van der Waals surface area contributed by atoms with Crippen LogP contribution in [0.4, 0.5) is 4.39 Å². The molecule has 138 valence electrons. The molecule has 0 fully saturated rings. The maximum Gasteiger partial charge on any atom is 0.276 e. The predicted octanol–water partition coefficient (Wildman–Crippen LogP) is 2.62. The van der Waals surface area contributed by atoms with Crippen LogP contribution in [0.3, 0.4) is 0 Å². The largest absolute Gasteiger partial charge is 0.481 e. The Balaban J connectivity index is 1.92. The molecule has 0 radical (unpaired) electrons. The van der Waals surface area contributed by atoms with Crippen LogP contribution in [-0.4, -0.2) is 22.8 Å². The third kappa shape index (κ3) is 4.03. The van der Waals surface area contributed by atoms with Gasteiger partial charge in [-0.3, -0.25) is 9.59 Å². The number of carbonyl (C=O) groups excluding carboxylic acids is 1. The van der Waals surface area contributed by atoms with E-state index in [-0.39, 0.29) is 18.1 Å². The van der Waals surface area contributed by atoms with E-state index < -0.39 is 17.2 Å². The highest BCUT2D eigenvalue weighted by Crippen LogP contribution is 2.15. The van der Waals surface area contributed by atoms with E-state index >= 15 is 0 Å². The third-order valence-electron chi connectivity index (χ3n) is 4.00. The summed E-state index contributed by atoms with van der Waals surface area (Å²) in [6.07, 6.45) is 0. The average Bonchev–Trinajstić information content (AvgIpc) is 2.67. The molecule has 0 aliphatic heterocycles. The van der Waals surface area contributed by atoms with E-state index in [4.69, 9.17) is 4.74 Å². The van der Waals surface area contributed by atoms with Crippen LogP contribution in [-0.2, 0) is 6.54 Å². The van der Waals surface area contributed by atoms with Crippen molar-refractivity contribution in [2.45, 2.75) is 13.5 Å². The fraction of sp³-hybridized carbons (Fsp3) is 0.150. The number of halogens is 1. The predicted molar refractivity (Wildman–Crippen MR) is 98.7 cm³/mol. The van der Waals surface area contributed by atoms with Gasteiger partial charge in [-0.05, 0) is 25.1 Å². The second kappa shape index (κ2) is 7.82. The molecular weight excluding hydrogens is 349 g/mol. The minimum atomic E-state index is -0.688. The Labute approximate surface area is 155 Å². The fourth-order valence-electron chi connectivity index (χ4n) is 2.51. The first-order chi connectivity index (χ1) is 13.0. The summed E-state index contributed by atoms with van der Waals surface area (Å²) in [4.78, 5) is 24.7. The molecule has 3 aromatic rings. The van der Waals surface area contributed by atoms with Crippen LogP contribution in [0.1, 0.15) is 21.6 Å². The van der Waals surface area contributed by atoms with Crippen LogP contribution >= 0.6 is 0 Å². The quantitative estimate of drug-likeness (QED) is 0.752. The number of aromatic nitrogens is 2. The molecule has 6 nitrogen and oxygen atoms in total.